The summed E-state index contributed by atoms with van der Waals surface area (Å²) >= 11 is 0. The molecule has 0 aromatic carbocycles. The number of aromatic nitrogens is 2. The molecule has 20 heavy (non-hydrogen) atoms. The van der Waals surface area contributed by atoms with Crippen LogP contribution in [-0.4, -0.2) is 34.3 Å². The number of rotatable bonds is 7. The fourth-order valence-electron chi connectivity index (χ4n) is 2.21. The summed E-state index contributed by atoms with van der Waals surface area (Å²) in [6, 6.07) is 0. The number of aliphatic hydroxyl groups is 1. The van der Waals surface area contributed by atoms with Crippen molar-refractivity contribution in [1.82, 2.24) is 9.78 Å². The first-order chi connectivity index (χ1) is 9.30. The van der Waals surface area contributed by atoms with Crippen molar-refractivity contribution in [2.24, 2.45) is 0 Å². The third-order valence-corrected chi connectivity index (χ3v) is 2.98. The molecule has 4 nitrogen and oxygen atoms in total. The summed E-state index contributed by atoms with van der Waals surface area (Å²) in [5.74, 6) is 0. The van der Waals surface area contributed by atoms with Gasteiger partial charge in [-0.1, -0.05) is 13.8 Å². The van der Waals surface area contributed by atoms with E-state index in [1.165, 1.54) is 0 Å². The summed E-state index contributed by atoms with van der Waals surface area (Å²) < 4.78 is 42.2. The van der Waals surface area contributed by atoms with Crippen molar-refractivity contribution in [3.8, 4) is 0 Å². The second-order valence-electron chi connectivity index (χ2n) is 4.58. The Bertz CT molecular complexity index is 428. The number of halogens is 3. The lowest BCUT2D eigenvalue weighted by Gasteiger charge is -2.11. The molecule has 0 radical (unpaired) electrons. The molecule has 7 heteroatoms. The largest absolute Gasteiger partial charge is 0.411 e. The van der Waals surface area contributed by atoms with Gasteiger partial charge < -0.3 is 9.84 Å². The van der Waals surface area contributed by atoms with Crippen LogP contribution in [0.2, 0.25) is 0 Å². The minimum absolute atomic E-state index is 0.0589. The van der Waals surface area contributed by atoms with Crippen LogP contribution >= 0.6 is 0 Å². The quantitative estimate of drug-likeness (QED) is 0.786. The van der Waals surface area contributed by atoms with Gasteiger partial charge >= 0.3 is 6.18 Å². The first kappa shape index (κ1) is 17.0. The number of aryl methyl sites for hydroxylation is 1. The van der Waals surface area contributed by atoms with Crippen molar-refractivity contribution in [3.63, 3.8) is 0 Å². The van der Waals surface area contributed by atoms with Crippen LogP contribution in [0.15, 0.2) is 0 Å². The SMILES string of the molecule is CCc1nn(CCOCC(F)(F)F)c(CC)c1C(C)O. The van der Waals surface area contributed by atoms with E-state index in [0.29, 0.717) is 12.8 Å². The standard InChI is InChI=1S/C13H21F3N2O2/c1-4-10-12(9(3)19)11(5-2)18(17-10)6-7-20-8-13(14,15)16/h9,19H,4-8H2,1-3H3. The average molecular weight is 294 g/mol. The monoisotopic (exact) mass is 294 g/mol. The lowest BCUT2D eigenvalue weighted by Crippen LogP contribution is -2.19. The first-order valence-corrected chi connectivity index (χ1v) is 6.71. The Hall–Kier alpha value is -1.08. The topological polar surface area (TPSA) is 47.3 Å². The maximum Gasteiger partial charge on any atom is 0.411 e. The molecule has 1 aromatic heterocycles. The second kappa shape index (κ2) is 7.08. The number of hydrogen-bond donors (Lipinski definition) is 1. The summed E-state index contributed by atoms with van der Waals surface area (Å²) in [7, 11) is 0. The molecule has 1 atom stereocenters. The molecule has 0 fully saturated rings. The maximum atomic E-state index is 12.0. The Morgan fingerprint density at radius 2 is 1.95 bits per heavy atom. The Balaban J connectivity index is 2.75. The number of aliphatic hydroxyl groups excluding tert-OH is 1. The second-order valence-corrected chi connectivity index (χ2v) is 4.58. The van der Waals surface area contributed by atoms with E-state index in [9.17, 15) is 18.3 Å². The lowest BCUT2D eigenvalue weighted by molar-refractivity contribution is -0.174. The number of ether oxygens (including phenoxy) is 1. The normalized spacial score (nSPS) is 13.8. The van der Waals surface area contributed by atoms with E-state index in [2.05, 4.69) is 9.84 Å². The fraction of sp³-hybridized carbons (Fsp3) is 0.769. The Kier molecular flexibility index (Phi) is 6.01. The summed E-state index contributed by atoms with van der Waals surface area (Å²) in [5, 5.41) is 14.2. The van der Waals surface area contributed by atoms with Gasteiger partial charge in [-0.05, 0) is 19.8 Å². The number of alkyl halides is 3. The molecule has 0 aliphatic carbocycles. The highest BCUT2D eigenvalue weighted by molar-refractivity contribution is 5.28. The van der Waals surface area contributed by atoms with E-state index in [0.717, 1.165) is 17.0 Å². The fourth-order valence-corrected chi connectivity index (χ4v) is 2.21. The molecule has 1 N–H and O–H groups in total. The predicted octanol–water partition coefficient (Wildman–Crippen LogP) is 2.64. The minimum Gasteiger partial charge on any atom is -0.389 e. The molecule has 0 saturated carbocycles. The summed E-state index contributed by atoms with van der Waals surface area (Å²) in [4.78, 5) is 0. The summed E-state index contributed by atoms with van der Waals surface area (Å²) in [6.07, 6.45) is -3.61. The molecule has 1 aromatic rings. The van der Waals surface area contributed by atoms with E-state index >= 15 is 0 Å². The number of hydrogen-bond acceptors (Lipinski definition) is 3. The van der Waals surface area contributed by atoms with Gasteiger partial charge in [0.15, 0.2) is 0 Å². The smallest absolute Gasteiger partial charge is 0.389 e. The van der Waals surface area contributed by atoms with Crippen LogP contribution in [-0.2, 0) is 24.1 Å². The molecule has 116 valence electrons. The van der Waals surface area contributed by atoms with E-state index < -0.39 is 18.9 Å². The van der Waals surface area contributed by atoms with E-state index in [1.54, 1.807) is 11.6 Å². The van der Waals surface area contributed by atoms with E-state index in [-0.39, 0.29) is 13.2 Å². The molecule has 1 unspecified atom stereocenters. The van der Waals surface area contributed by atoms with Crippen LogP contribution in [0.5, 0.6) is 0 Å². The van der Waals surface area contributed by atoms with Crippen molar-refractivity contribution in [2.75, 3.05) is 13.2 Å². The number of nitrogens with zero attached hydrogens (tertiary/aromatic N) is 2. The van der Waals surface area contributed by atoms with E-state index in [4.69, 9.17) is 0 Å². The van der Waals surface area contributed by atoms with Gasteiger partial charge in [0.1, 0.15) is 6.61 Å². The Morgan fingerprint density at radius 1 is 1.30 bits per heavy atom. The first-order valence-electron chi connectivity index (χ1n) is 6.71. The van der Waals surface area contributed by atoms with Gasteiger partial charge in [-0.15, -0.1) is 0 Å². The van der Waals surface area contributed by atoms with Gasteiger partial charge in [-0.2, -0.15) is 18.3 Å². The molecule has 0 amide bonds. The van der Waals surface area contributed by atoms with Crippen LogP contribution in [0.25, 0.3) is 0 Å². The highest BCUT2D eigenvalue weighted by Crippen LogP contribution is 2.23. The molecule has 0 bridgehead atoms. The molecule has 0 aliphatic heterocycles. The Labute approximate surface area is 116 Å². The van der Waals surface area contributed by atoms with Gasteiger partial charge in [0.25, 0.3) is 0 Å². The molecular formula is C13H21F3N2O2. The minimum atomic E-state index is -4.31. The highest BCUT2D eigenvalue weighted by Gasteiger charge is 2.27. The van der Waals surface area contributed by atoms with Crippen molar-refractivity contribution in [2.45, 2.75) is 52.4 Å². The average Bonchev–Trinajstić information content (AvgIpc) is 2.71. The van der Waals surface area contributed by atoms with Crippen molar-refractivity contribution in [3.05, 3.63) is 17.0 Å². The molecule has 0 spiro atoms. The highest BCUT2D eigenvalue weighted by atomic mass is 19.4. The van der Waals surface area contributed by atoms with Gasteiger partial charge in [0, 0.05) is 11.3 Å². The molecule has 1 heterocycles. The van der Waals surface area contributed by atoms with Gasteiger partial charge in [0.2, 0.25) is 0 Å². The zero-order chi connectivity index (χ0) is 15.3. The third-order valence-electron chi connectivity index (χ3n) is 2.98. The summed E-state index contributed by atoms with van der Waals surface area (Å²) in [6.45, 7) is 4.46. The van der Waals surface area contributed by atoms with Gasteiger partial charge in [0.05, 0.1) is 24.9 Å². The van der Waals surface area contributed by atoms with Crippen molar-refractivity contribution in [1.29, 1.82) is 0 Å². The summed E-state index contributed by atoms with van der Waals surface area (Å²) in [5.41, 5.74) is 2.42. The maximum absolute atomic E-state index is 12.0. The molecule has 0 aliphatic rings. The van der Waals surface area contributed by atoms with Crippen molar-refractivity contribution < 1.29 is 23.0 Å². The van der Waals surface area contributed by atoms with Crippen LogP contribution in [0, 0.1) is 0 Å². The zero-order valence-electron chi connectivity index (χ0n) is 12.0. The van der Waals surface area contributed by atoms with Gasteiger partial charge in [-0.25, -0.2) is 0 Å². The van der Waals surface area contributed by atoms with Crippen LogP contribution in [0.4, 0.5) is 13.2 Å². The van der Waals surface area contributed by atoms with Gasteiger partial charge in [-0.3, -0.25) is 4.68 Å². The predicted molar refractivity (Wildman–Crippen MR) is 68.5 cm³/mol. The third kappa shape index (κ3) is 4.49. The molecule has 1 rings (SSSR count). The van der Waals surface area contributed by atoms with E-state index in [1.807, 2.05) is 13.8 Å². The molecule has 0 saturated heterocycles. The van der Waals surface area contributed by atoms with Crippen LogP contribution in [0.3, 0.4) is 0 Å². The van der Waals surface area contributed by atoms with Crippen molar-refractivity contribution >= 4 is 0 Å². The van der Waals surface area contributed by atoms with Crippen LogP contribution < -0.4 is 0 Å². The Morgan fingerprint density at radius 3 is 2.40 bits per heavy atom. The van der Waals surface area contributed by atoms with Crippen LogP contribution in [0.1, 0.15) is 43.8 Å². The molecular weight excluding hydrogens is 273 g/mol. The zero-order valence-corrected chi connectivity index (χ0v) is 12.0. The lowest BCUT2D eigenvalue weighted by atomic mass is 10.0.